The molecule has 4 heterocycles. The van der Waals surface area contributed by atoms with E-state index in [1.807, 2.05) is 24.1 Å². The van der Waals surface area contributed by atoms with Crippen LogP contribution >= 0.6 is 0 Å². The van der Waals surface area contributed by atoms with Gasteiger partial charge in [0.15, 0.2) is 12.5 Å². The fourth-order valence-electron chi connectivity index (χ4n) is 4.31. The largest absolute Gasteiger partial charge is 0.494 e. The Morgan fingerprint density at radius 1 is 1.25 bits per heavy atom. The fourth-order valence-corrected chi connectivity index (χ4v) is 4.31. The van der Waals surface area contributed by atoms with Crippen molar-refractivity contribution in [1.29, 1.82) is 0 Å². The number of rotatable bonds is 0. The van der Waals surface area contributed by atoms with Crippen molar-refractivity contribution in [3.05, 3.63) is 36.2 Å². The molecule has 2 aromatic heterocycles. The average molecular weight is 435 g/mol. The van der Waals surface area contributed by atoms with Crippen LogP contribution < -0.4 is 10.1 Å². The topological polar surface area (TPSA) is 119 Å². The van der Waals surface area contributed by atoms with E-state index in [2.05, 4.69) is 30.2 Å². The van der Waals surface area contributed by atoms with Crippen LogP contribution in [0.15, 0.2) is 35.6 Å². The van der Waals surface area contributed by atoms with Gasteiger partial charge in [-0.1, -0.05) is 6.07 Å². The van der Waals surface area contributed by atoms with Gasteiger partial charge < -0.3 is 25.0 Å². The lowest BCUT2D eigenvalue weighted by Gasteiger charge is -2.32. The van der Waals surface area contributed by atoms with E-state index in [0.717, 1.165) is 19.4 Å². The molecular formula is C22H25N7O3. The number of aromatic amines is 1. The number of H-pyrrole nitrogens is 1. The Kier molecular flexibility index (Phi) is 5.36. The molecule has 3 N–H and O–H groups in total. The maximum Gasteiger partial charge on any atom is 0.261 e. The maximum absolute atomic E-state index is 12.8. The summed E-state index contributed by atoms with van der Waals surface area (Å²) >= 11 is 0. The molecule has 10 heteroatoms. The number of likely N-dealkylation sites (N-methyl/N-ethyl adjacent to an activating group) is 1. The summed E-state index contributed by atoms with van der Waals surface area (Å²) < 4.78 is 5.78. The van der Waals surface area contributed by atoms with Gasteiger partial charge in [-0.2, -0.15) is 0 Å². The zero-order chi connectivity index (χ0) is 22.1. The maximum atomic E-state index is 12.8. The van der Waals surface area contributed by atoms with E-state index >= 15 is 0 Å². The zero-order valence-electron chi connectivity index (χ0n) is 17.8. The molecule has 2 bridgehead atoms. The first kappa shape index (κ1) is 20.3. The highest BCUT2D eigenvalue weighted by atomic mass is 16.5. The Balaban J connectivity index is 1.54. The molecule has 1 fully saturated rings. The molecule has 0 aliphatic carbocycles. The van der Waals surface area contributed by atoms with Gasteiger partial charge in [-0.05, 0) is 32.0 Å². The van der Waals surface area contributed by atoms with E-state index in [1.165, 1.54) is 6.33 Å². The summed E-state index contributed by atoms with van der Waals surface area (Å²) in [6.45, 7) is 2.03. The second kappa shape index (κ2) is 8.46. The Labute approximate surface area is 184 Å². The standard InChI is InChI=1S/C22H25N7O3/c1-28-9-7-23-20-19-16(22(31)27-21(19)26-13-25-20)11-24-14-4-2-5-15(10-14)32-12-18(30)29-8-3-6-17(28)29/h2,4-5,10-11,13,17,31H,3,6-9,12H2,1H3,(H2,23,25,26,27). The number of aliphatic imine (C=N–C) groups is 1. The lowest BCUT2D eigenvalue weighted by Crippen LogP contribution is -2.48. The second-order valence-corrected chi connectivity index (χ2v) is 7.99. The van der Waals surface area contributed by atoms with Crippen molar-refractivity contribution in [2.75, 3.05) is 38.6 Å². The monoisotopic (exact) mass is 435 g/mol. The second-order valence-electron chi connectivity index (χ2n) is 7.99. The number of hydrogen-bond donors (Lipinski definition) is 3. The number of fused-ring (bicyclic) bond motifs is 3. The molecule has 0 radical (unpaired) electrons. The van der Waals surface area contributed by atoms with E-state index < -0.39 is 0 Å². The number of hydrogen-bond acceptors (Lipinski definition) is 8. The van der Waals surface area contributed by atoms with Gasteiger partial charge >= 0.3 is 0 Å². The predicted molar refractivity (Wildman–Crippen MR) is 121 cm³/mol. The van der Waals surface area contributed by atoms with Gasteiger partial charge in [-0.15, -0.1) is 0 Å². The van der Waals surface area contributed by atoms with E-state index in [0.29, 0.717) is 46.9 Å². The van der Waals surface area contributed by atoms with Gasteiger partial charge in [-0.25, -0.2) is 9.97 Å². The zero-order valence-corrected chi connectivity index (χ0v) is 17.8. The van der Waals surface area contributed by atoms with Crippen molar-refractivity contribution in [3.63, 3.8) is 0 Å². The van der Waals surface area contributed by atoms with Crippen LogP contribution in [0.4, 0.5) is 11.5 Å². The van der Waals surface area contributed by atoms with Gasteiger partial charge in [-0.3, -0.25) is 14.7 Å². The summed E-state index contributed by atoms with van der Waals surface area (Å²) in [5.74, 6) is 1.13. The third-order valence-corrected chi connectivity index (χ3v) is 5.94. The number of nitrogens with zero attached hydrogens (tertiary/aromatic N) is 5. The van der Waals surface area contributed by atoms with Crippen LogP contribution in [0.1, 0.15) is 18.4 Å². The van der Waals surface area contributed by atoms with Crippen LogP contribution in [0.2, 0.25) is 0 Å². The van der Waals surface area contributed by atoms with Crippen molar-refractivity contribution in [1.82, 2.24) is 24.8 Å². The molecule has 2 aliphatic heterocycles. The predicted octanol–water partition coefficient (Wildman–Crippen LogP) is 2.10. The quantitative estimate of drug-likeness (QED) is 0.495. The minimum absolute atomic E-state index is 0.0178. The first-order valence-corrected chi connectivity index (χ1v) is 10.7. The minimum Gasteiger partial charge on any atom is -0.494 e. The summed E-state index contributed by atoms with van der Waals surface area (Å²) in [5.41, 5.74) is 1.67. The molecule has 5 rings (SSSR count). The van der Waals surface area contributed by atoms with Crippen LogP contribution in [0.25, 0.3) is 11.0 Å². The Morgan fingerprint density at radius 2 is 2.16 bits per heavy atom. The summed E-state index contributed by atoms with van der Waals surface area (Å²) in [7, 11) is 2.02. The van der Waals surface area contributed by atoms with Crippen molar-refractivity contribution >= 4 is 34.7 Å². The normalized spacial score (nSPS) is 20.0. The average Bonchev–Trinajstić information content (AvgIpc) is 3.40. The first-order chi connectivity index (χ1) is 15.6. The SMILES string of the molecule is CN1CCNc2ncnc3[nH]c(O)c(c23)C=Nc2cccc(c2)OCC(=O)N2CCCC12. The fraction of sp³-hybridized carbons (Fsp3) is 0.364. The number of nitrogens with one attached hydrogen (secondary N) is 2. The van der Waals surface area contributed by atoms with Gasteiger partial charge in [0.05, 0.1) is 22.8 Å². The molecule has 1 unspecified atom stereocenters. The summed E-state index contributed by atoms with van der Waals surface area (Å²) in [6.07, 6.45) is 4.96. The molecule has 166 valence electrons. The van der Waals surface area contributed by atoms with Gasteiger partial charge in [0.25, 0.3) is 5.91 Å². The van der Waals surface area contributed by atoms with Gasteiger partial charge in [0.2, 0.25) is 0 Å². The molecule has 0 spiro atoms. The Hall–Kier alpha value is -3.66. The van der Waals surface area contributed by atoms with Crippen molar-refractivity contribution in [3.8, 4) is 11.6 Å². The third-order valence-electron chi connectivity index (χ3n) is 5.94. The number of benzene rings is 1. The van der Waals surface area contributed by atoms with Crippen LogP contribution in [0.5, 0.6) is 11.6 Å². The lowest BCUT2D eigenvalue weighted by molar-refractivity contribution is -0.137. The number of anilines is 1. The van der Waals surface area contributed by atoms with E-state index in [1.54, 1.807) is 18.3 Å². The Morgan fingerprint density at radius 3 is 3.06 bits per heavy atom. The van der Waals surface area contributed by atoms with Crippen LogP contribution in [0, 0.1) is 0 Å². The molecule has 32 heavy (non-hydrogen) atoms. The van der Waals surface area contributed by atoms with Crippen molar-refractivity contribution < 1.29 is 14.6 Å². The number of aromatic nitrogens is 3. The highest BCUT2D eigenvalue weighted by Crippen LogP contribution is 2.30. The lowest BCUT2D eigenvalue weighted by atomic mass is 10.2. The number of carbonyl (C=O) groups is 1. The number of ether oxygens (including phenoxy) is 1. The first-order valence-electron chi connectivity index (χ1n) is 10.7. The third kappa shape index (κ3) is 3.84. The van der Waals surface area contributed by atoms with Crippen LogP contribution in [0.3, 0.4) is 0 Å². The smallest absolute Gasteiger partial charge is 0.261 e. The van der Waals surface area contributed by atoms with E-state index in [4.69, 9.17) is 4.74 Å². The molecule has 1 aromatic carbocycles. The van der Waals surface area contributed by atoms with Crippen LogP contribution in [-0.4, -0.2) is 81.4 Å². The summed E-state index contributed by atoms with van der Waals surface area (Å²) in [6, 6.07) is 7.20. The molecule has 2 aliphatic rings. The molecule has 0 saturated carbocycles. The molecule has 1 saturated heterocycles. The van der Waals surface area contributed by atoms with Gasteiger partial charge in [0, 0.05) is 31.9 Å². The van der Waals surface area contributed by atoms with Crippen molar-refractivity contribution in [2.45, 2.75) is 19.0 Å². The molecule has 1 atom stereocenters. The number of carbonyl (C=O) groups excluding carboxylic acids is 1. The van der Waals surface area contributed by atoms with Crippen LogP contribution in [-0.2, 0) is 4.79 Å². The summed E-state index contributed by atoms with van der Waals surface area (Å²) in [4.78, 5) is 32.9. The highest BCUT2D eigenvalue weighted by Gasteiger charge is 2.31. The van der Waals surface area contributed by atoms with E-state index in [9.17, 15) is 9.90 Å². The highest BCUT2D eigenvalue weighted by molar-refractivity contribution is 6.06. The minimum atomic E-state index is -0.0260. The number of amides is 1. The molecule has 3 aromatic rings. The summed E-state index contributed by atoms with van der Waals surface area (Å²) in [5, 5.41) is 14.5. The van der Waals surface area contributed by atoms with E-state index in [-0.39, 0.29) is 24.6 Å². The molecule has 1 amide bonds. The van der Waals surface area contributed by atoms with Gasteiger partial charge in [0.1, 0.15) is 23.5 Å². The Bertz CT molecular complexity index is 1180. The number of aromatic hydroxyl groups is 1. The molecular weight excluding hydrogens is 410 g/mol. The van der Waals surface area contributed by atoms with Crippen molar-refractivity contribution in [2.24, 2.45) is 4.99 Å². The molecule has 10 nitrogen and oxygen atoms in total.